The molecule has 1 aliphatic rings. The number of aliphatic carboxylic acids is 1. The zero-order valence-corrected chi connectivity index (χ0v) is 10.6. The van der Waals surface area contributed by atoms with Crippen LogP contribution in [-0.2, 0) is 9.59 Å². The van der Waals surface area contributed by atoms with Gasteiger partial charge in [-0.05, 0) is 12.1 Å². The van der Waals surface area contributed by atoms with Gasteiger partial charge in [-0.1, -0.05) is 30.0 Å². The Morgan fingerprint density at radius 1 is 1.37 bits per heavy atom. The number of hydrogen-bond donors (Lipinski definition) is 2. The molecule has 2 amide bonds. The van der Waals surface area contributed by atoms with Crippen molar-refractivity contribution < 1.29 is 24.2 Å². The fourth-order valence-corrected chi connectivity index (χ4v) is 2.46. The Morgan fingerprint density at radius 2 is 2.05 bits per heavy atom. The quantitative estimate of drug-likeness (QED) is 0.844. The Balaban J connectivity index is 2.03. The van der Waals surface area contributed by atoms with E-state index in [1.165, 1.54) is 0 Å². The molecule has 2 unspecified atom stereocenters. The van der Waals surface area contributed by atoms with Crippen LogP contribution in [0.4, 0.5) is 4.79 Å². The molecule has 6 nitrogen and oxygen atoms in total. The van der Waals surface area contributed by atoms with E-state index in [0.29, 0.717) is 5.75 Å². The predicted molar refractivity (Wildman–Crippen MR) is 68.0 cm³/mol. The van der Waals surface area contributed by atoms with Crippen molar-refractivity contribution in [1.82, 2.24) is 5.32 Å². The third-order valence-corrected chi connectivity index (χ3v) is 3.50. The summed E-state index contributed by atoms with van der Waals surface area (Å²) in [5.74, 6) is -1.24. The molecule has 1 aromatic rings. The van der Waals surface area contributed by atoms with Gasteiger partial charge in [0.05, 0.1) is 5.25 Å². The molecule has 0 aliphatic carbocycles. The number of amides is 2. The van der Waals surface area contributed by atoms with Crippen molar-refractivity contribution in [3.63, 3.8) is 0 Å². The van der Waals surface area contributed by atoms with Crippen LogP contribution in [0.5, 0.6) is 5.75 Å². The zero-order valence-electron chi connectivity index (χ0n) is 9.74. The number of nitrogens with one attached hydrogen (secondary N) is 1. The third kappa shape index (κ3) is 3.47. The lowest BCUT2D eigenvalue weighted by molar-refractivity contribution is -0.145. The number of carboxylic acid groups (broad SMARTS) is 1. The fourth-order valence-electron chi connectivity index (χ4n) is 1.61. The summed E-state index contributed by atoms with van der Waals surface area (Å²) >= 11 is 0.787. The second-order valence-corrected chi connectivity index (χ2v) is 5.05. The molecule has 2 N–H and O–H groups in total. The molecule has 0 saturated carbocycles. The number of thioether (sulfide) groups is 1. The van der Waals surface area contributed by atoms with E-state index in [1.54, 1.807) is 30.3 Å². The number of hydrogen-bond acceptors (Lipinski definition) is 5. The third-order valence-electron chi connectivity index (χ3n) is 2.49. The van der Waals surface area contributed by atoms with Crippen LogP contribution in [0.25, 0.3) is 0 Å². The Bertz CT molecular complexity index is 504. The standard InChI is InChI=1S/C12H11NO5S/c14-10-9(19-12(17)13-10)6-8(11(15)16)18-7-4-2-1-3-5-7/h1-5,8-9H,6H2,(H,15,16)(H,13,14,17). The summed E-state index contributed by atoms with van der Waals surface area (Å²) in [7, 11) is 0. The van der Waals surface area contributed by atoms with Gasteiger partial charge in [-0.25, -0.2) is 4.79 Å². The SMILES string of the molecule is O=C1NC(=O)C(CC(Oc2ccccc2)C(=O)O)S1. The lowest BCUT2D eigenvalue weighted by Gasteiger charge is -2.16. The number of rotatable bonds is 5. The largest absolute Gasteiger partial charge is 0.479 e. The summed E-state index contributed by atoms with van der Waals surface area (Å²) in [6.07, 6.45) is -1.23. The second-order valence-electron chi connectivity index (χ2n) is 3.88. The second kappa shape index (κ2) is 5.75. The number of carboxylic acids is 1. The summed E-state index contributed by atoms with van der Waals surface area (Å²) < 4.78 is 5.32. The van der Waals surface area contributed by atoms with Crippen molar-refractivity contribution >= 4 is 28.9 Å². The highest BCUT2D eigenvalue weighted by molar-refractivity contribution is 8.15. The fraction of sp³-hybridized carbons (Fsp3) is 0.250. The molecule has 7 heteroatoms. The van der Waals surface area contributed by atoms with E-state index in [0.717, 1.165) is 11.8 Å². The molecular formula is C12H11NO5S. The number of imide groups is 1. The van der Waals surface area contributed by atoms with Crippen LogP contribution in [0, 0.1) is 0 Å². The van der Waals surface area contributed by atoms with Gasteiger partial charge < -0.3 is 9.84 Å². The minimum Gasteiger partial charge on any atom is -0.479 e. The average Bonchev–Trinajstić information content (AvgIpc) is 2.68. The van der Waals surface area contributed by atoms with Gasteiger partial charge >= 0.3 is 5.97 Å². The summed E-state index contributed by atoms with van der Waals surface area (Å²) in [5.41, 5.74) is 0. The van der Waals surface area contributed by atoms with Crippen LogP contribution in [0.3, 0.4) is 0 Å². The van der Waals surface area contributed by atoms with E-state index in [1.807, 2.05) is 0 Å². The van der Waals surface area contributed by atoms with E-state index in [4.69, 9.17) is 9.84 Å². The molecule has 1 saturated heterocycles. The smallest absolute Gasteiger partial charge is 0.344 e. The van der Waals surface area contributed by atoms with E-state index in [-0.39, 0.29) is 6.42 Å². The lowest BCUT2D eigenvalue weighted by Crippen LogP contribution is -2.34. The van der Waals surface area contributed by atoms with Crippen LogP contribution in [0.2, 0.25) is 0 Å². The Kier molecular flexibility index (Phi) is 4.06. The topological polar surface area (TPSA) is 92.7 Å². The summed E-state index contributed by atoms with van der Waals surface area (Å²) in [6.45, 7) is 0. The van der Waals surface area contributed by atoms with Gasteiger partial charge in [-0.3, -0.25) is 14.9 Å². The van der Waals surface area contributed by atoms with Crippen LogP contribution < -0.4 is 10.1 Å². The maximum absolute atomic E-state index is 11.4. The van der Waals surface area contributed by atoms with Gasteiger partial charge in [-0.2, -0.15) is 0 Å². The first-order valence-corrected chi connectivity index (χ1v) is 6.40. The van der Waals surface area contributed by atoms with Crippen molar-refractivity contribution in [1.29, 1.82) is 0 Å². The summed E-state index contributed by atoms with van der Waals surface area (Å²) in [4.78, 5) is 33.5. The number of carbonyl (C=O) groups is 3. The highest BCUT2D eigenvalue weighted by Gasteiger charge is 2.36. The molecule has 1 aliphatic heterocycles. The number of ether oxygens (including phenoxy) is 1. The van der Waals surface area contributed by atoms with E-state index in [2.05, 4.69) is 5.32 Å². The first-order valence-electron chi connectivity index (χ1n) is 5.52. The number of carbonyl (C=O) groups excluding carboxylic acids is 2. The van der Waals surface area contributed by atoms with Gasteiger partial charge in [-0.15, -0.1) is 0 Å². The molecule has 2 atom stereocenters. The Morgan fingerprint density at radius 3 is 2.58 bits per heavy atom. The Labute approximate surface area is 113 Å². The van der Waals surface area contributed by atoms with Crippen LogP contribution in [-0.4, -0.2) is 33.6 Å². The monoisotopic (exact) mass is 281 g/mol. The molecule has 100 valence electrons. The van der Waals surface area contributed by atoms with E-state index in [9.17, 15) is 14.4 Å². The molecule has 2 rings (SSSR count). The Hall–Kier alpha value is -2.02. The van der Waals surface area contributed by atoms with Crippen LogP contribution >= 0.6 is 11.8 Å². The summed E-state index contributed by atoms with van der Waals surface area (Å²) in [5, 5.41) is 10.0. The van der Waals surface area contributed by atoms with Gasteiger partial charge in [0.15, 0.2) is 6.10 Å². The molecule has 0 aromatic heterocycles. The molecular weight excluding hydrogens is 270 g/mol. The van der Waals surface area contributed by atoms with Crippen molar-refractivity contribution in [3.8, 4) is 5.75 Å². The first-order chi connectivity index (χ1) is 9.06. The molecule has 1 aromatic carbocycles. The molecule has 0 radical (unpaired) electrons. The van der Waals surface area contributed by atoms with Gasteiger partial charge in [0.25, 0.3) is 5.24 Å². The molecule has 0 bridgehead atoms. The van der Waals surface area contributed by atoms with Crippen molar-refractivity contribution in [2.24, 2.45) is 0 Å². The van der Waals surface area contributed by atoms with Crippen LogP contribution in [0.15, 0.2) is 30.3 Å². The molecule has 1 fully saturated rings. The minimum atomic E-state index is -1.17. The molecule has 1 heterocycles. The first kappa shape index (κ1) is 13.4. The molecule has 19 heavy (non-hydrogen) atoms. The average molecular weight is 281 g/mol. The summed E-state index contributed by atoms with van der Waals surface area (Å²) in [6, 6.07) is 8.47. The normalized spacial score (nSPS) is 19.9. The number of para-hydroxylation sites is 1. The lowest BCUT2D eigenvalue weighted by atomic mass is 10.2. The zero-order chi connectivity index (χ0) is 13.8. The predicted octanol–water partition coefficient (Wildman–Crippen LogP) is 1.26. The maximum atomic E-state index is 11.4. The minimum absolute atomic E-state index is 0.0630. The van der Waals surface area contributed by atoms with Gasteiger partial charge in [0.2, 0.25) is 5.91 Å². The highest BCUT2D eigenvalue weighted by Crippen LogP contribution is 2.25. The van der Waals surface area contributed by atoms with Crippen molar-refractivity contribution in [2.75, 3.05) is 0 Å². The van der Waals surface area contributed by atoms with E-state index < -0.39 is 28.5 Å². The highest BCUT2D eigenvalue weighted by atomic mass is 32.2. The maximum Gasteiger partial charge on any atom is 0.344 e. The van der Waals surface area contributed by atoms with Gasteiger partial charge in [0.1, 0.15) is 5.75 Å². The van der Waals surface area contributed by atoms with Crippen molar-refractivity contribution in [2.45, 2.75) is 17.8 Å². The number of benzene rings is 1. The van der Waals surface area contributed by atoms with E-state index >= 15 is 0 Å². The molecule has 0 spiro atoms. The van der Waals surface area contributed by atoms with Crippen molar-refractivity contribution in [3.05, 3.63) is 30.3 Å². The van der Waals surface area contributed by atoms with Gasteiger partial charge in [0, 0.05) is 6.42 Å². The van der Waals surface area contributed by atoms with Crippen LogP contribution in [0.1, 0.15) is 6.42 Å².